The molecule has 0 aliphatic rings. The average molecular weight is 346 g/mol. The van der Waals surface area contributed by atoms with E-state index >= 15 is 0 Å². The number of anilines is 1. The molecule has 2 aromatic rings. The first-order valence-electron chi connectivity index (χ1n) is 8.07. The number of carbonyl (C=O) groups is 2. The van der Waals surface area contributed by atoms with Gasteiger partial charge in [0.1, 0.15) is 0 Å². The van der Waals surface area contributed by atoms with E-state index in [9.17, 15) is 9.59 Å². The van der Waals surface area contributed by atoms with Crippen LogP contribution in [0.25, 0.3) is 11.3 Å². The number of aromatic nitrogens is 1. The van der Waals surface area contributed by atoms with E-state index in [1.54, 1.807) is 0 Å². The molecule has 1 aromatic carbocycles. The minimum atomic E-state index is -0.889. The third-order valence-corrected chi connectivity index (χ3v) is 4.69. The van der Waals surface area contributed by atoms with Gasteiger partial charge in [0.05, 0.1) is 5.69 Å². The van der Waals surface area contributed by atoms with Gasteiger partial charge < -0.3 is 10.4 Å². The van der Waals surface area contributed by atoms with E-state index in [0.29, 0.717) is 17.5 Å². The maximum atomic E-state index is 11.8. The Morgan fingerprint density at radius 1 is 1.25 bits per heavy atom. The number of amides is 1. The number of hydrogen-bond donors (Lipinski definition) is 2. The normalized spacial score (nSPS) is 11.9. The van der Waals surface area contributed by atoms with Gasteiger partial charge in [-0.2, -0.15) is 0 Å². The molecule has 24 heavy (non-hydrogen) atoms. The molecular weight excluding hydrogens is 324 g/mol. The third kappa shape index (κ3) is 5.16. The van der Waals surface area contributed by atoms with Crippen LogP contribution in [0.15, 0.2) is 29.6 Å². The molecule has 2 N–H and O–H groups in total. The molecule has 0 unspecified atom stereocenters. The fourth-order valence-electron chi connectivity index (χ4n) is 2.26. The van der Waals surface area contributed by atoms with Gasteiger partial charge in [0.15, 0.2) is 5.13 Å². The van der Waals surface area contributed by atoms with Crippen molar-refractivity contribution in [1.82, 2.24) is 4.98 Å². The average Bonchev–Trinajstić information content (AvgIpc) is 3.02. The molecular formula is C18H22N2O3S. The number of thiazole rings is 1. The van der Waals surface area contributed by atoms with Crippen LogP contribution in [-0.2, 0) is 9.59 Å². The zero-order chi connectivity index (χ0) is 17.5. The third-order valence-electron chi connectivity index (χ3n) is 3.93. The van der Waals surface area contributed by atoms with Crippen LogP contribution >= 0.6 is 11.3 Å². The summed E-state index contributed by atoms with van der Waals surface area (Å²) in [7, 11) is 0. The lowest BCUT2D eigenvalue weighted by Crippen LogP contribution is -2.11. The molecule has 1 heterocycles. The van der Waals surface area contributed by atoms with Gasteiger partial charge in [0.2, 0.25) is 5.91 Å². The van der Waals surface area contributed by atoms with Gasteiger partial charge in [-0.3, -0.25) is 9.59 Å². The number of carbonyl (C=O) groups excluding carboxylic acids is 1. The highest BCUT2D eigenvalue weighted by Gasteiger charge is 2.10. The molecule has 0 aliphatic carbocycles. The fraction of sp³-hybridized carbons (Fsp3) is 0.389. The molecule has 0 radical (unpaired) electrons. The van der Waals surface area contributed by atoms with Crippen LogP contribution < -0.4 is 5.32 Å². The highest BCUT2D eigenvalue weighted by atomic mass is 32.1. The van der Waals surface area contributed by atoms with Crippen molar-refractivity contribution in [3.8, 4) is 11.3 Å². The van der Waals surface area contributed by atoms with Crippen LogP contribution in [-0.4, -0.2) is 22.0 Å². The zero-order valence-corrected chi connectivity index (χ0v) is 14.7. The highest BCUT2D eigenvalue weighted by molar-refractivity contribution is 7.14. The Morgan fingerprint density at radius 3 is 2.58 bits per heavy atom. The number of nitrogens with zero attached hydrogens (tertiary/aromatic N) is 1. The number of rotatable bonds is 8. The van der Waals surface area contributed by atoms with Crippen molar-refractivity contribution < 1.29 is 14.7 Å². The maximum absolute atomic E-state index is 11.8. The lowest BCUT2D eigenvalue weighted by molar-refractivity contribution is -0.137. The van der Waals surface area contributed by atoms with Gasteiger partial charge in [0, 0.05) is 23.8 Å². The second-order valence-electron chi connectivity index (χ2n) is 5.76. The number of carboxylic acids is 1. The second-order valence-corrected chi connectivity index (χ2v) is 6.62. The van der Waals surface area contributed by atoms with Crippen LogP contribution in [0.5, 0.6) is 0 Å². The van der Waals surface area contributed by atoms with Crippen LogP contribution in [0.3, 0.4) is 0 Å². The van der Waals surface area contributed by atoms with E-state index in [0.717, 1.165) is 17.7 Å². The molecule has 2 rings (SSSR count). The van der Waals surface area contributed by atoms with Crippen molar-refractivity contribution in [2.45, 2.75) is 45.4 Å². The van der Waals surface area contributed by atoms with Crippen molar-refractivity contribution in [2.75, 3.05) is 5.32 Å². The molecule has 0 saturated carbocycles. The summed E-state index contributed by atoms with van der Waals surface area (Å²) in [5.41, 5.74) is 3.16. The highest BCUT2D eigenvalue weighted by Crippen LogP contribution is 2.27. The molecule has 1 aromatic heterocycles. The van der Waals surface area contributed by atoms with E-state index < -0.39 is 5.97 Å². The summed E-state index contributed by atoms with van der Waals surface area (Å²) in [6.07, 6.45) is 1.62. The first-order valence-corrected chi connectivity index (χ1v) is 8.95. The summed E-state index contributed by atoms with van der Waals surface area (Å²) in [6, 6.07) is 8.34. The summed E-state index contributed by atoms with van der Waals surface area (Å²) < 4.78 is 0. The van der Waals surface area contributed by atoms with Crippen LogP contribution in [0, 0.1) is 0 Å². The van der Waals surface area contributed by atoms with E-state index in [-0.39, 0.29) is 18.7 Å². The molecule has 6 heteroatoms. The summed E-state index contributed by atoms with van der Waals surface area (Å²) >= 11 is 1.37. The first kappa shape index (κ1) is 18.1. The number of benzene rings is 1. The Labute approximate surface area is 145 Å². The Kier molecular flexibility index (Phi) is 6.49. The molecule has 0 aliphatic heterocycles. The number of nitrogens with one attached hydrogen (secondary N) is 1. The van der Waals surface area contributed by atoms with Gasteiger partial charge in [0.25, 0.3) is 0 Å². The van der Waals surface area contributed by atoms with Gasteiger partial charge in [-0.25, -0.2) is 4.98 Å². The molecule has 0 fully saturated rings. The molecule has 0 saturated heterocycles. The quantitative estimate of drug-likeness (QED) is 0.736. The van der Waals surface area contributed by atoms with Gasteiger partial charge in [-0.05, 0) is 24.3 Å². The molecule has 0 bridgehead atoms. The van der Waals surface area contributed by atoms with Crippen molar-refractivity contribution in [2.24, 2.45) is 0 Å². The standard InChI is InChI=1S/C18H22N2O3S/c1-3-12(2)13-7-9-14(10-8-13)15-11-24-18(19-15)20-16(21)5-4-6-17(22)23/h7-12H,3-6H2,1-2H3,(H,22,23)(H,19,20,21)/t12-/m0/s1. The van der Waals surface area contributed by atoms with Gasteiger partial charge in [-0.1, -0.05) is 38.1 Å². The topological polar surface area (TPSA) is 79.3 Å². The SMILES string of the molecule is CC[C@H](C)c1ccc(-c2csc(NC(=O)CCCC(=O)O)n2)cc1. The predicted octanol–water partition coefficient (Wildman–Crippen LogP) is 4.52. The lowest BCUT2D eigenvalue weighted by Gasteiger charge is -2.08. The maximum Gasteiger partial charge on any atom is 0.303 e. The van der Waals surface area contributed by atoms with Crippen LogP contribution in [0.2, 0.25) is 0 Å². The molecule has 128 valence electrons. The molecule has 1 atom stereocenters. The van der Waals surface area contributed by atoms with Crippen molar-refractivity contribution >= 4 is 28.3 Å². The van der Waals surface area contributed by atoms with Crippen molar-refractivity contribution in [1.29, 1.82) is 0 Å². The zero-order valence-electron chi connectivity index (χ0n) is 13.9. The summed E-state index contributed by atoms with van der Waals surface area (Å²) in [5.74, 6) is -0.556. The summed E-state index contributed by atoms with van der Waals surface area (Å²) in [4.78, 5) is 26.6. The minimum absolute atomic E-state index is 0.000922. The predicted molar refractivity (Wildman–Crippen MR) is 96.4 cm³/mol. The van der Waals surface area contributed by atoms with Crippen LogP contribution in [0.4, 0.5) is 5.13 Å². The van der Waals surface area contributed by atoms with E-state index in [1.807, 2.05) is 5.38 Å². The van der Waals surface area contributed by atoms with E-state index in [4.69, 9.17) is 5.11 Å². The van der Waals surface area contributed by atoms with E-state index in [2.05, 4.69) is 48.4 Å². The Balaban J connectivity index is 1.95. The smallest absolute Gasteiger partial charge is 0.303 e. The summed E-state index contributed by atoms with van der Waals surface area (Å²) in [5, 5.41) is 13.7. The molecule has 0 spiro atoms. The second kappa shape index (κ2) is 8.59. The van der Waals surface area contributed by atoms with Crippen molar-refractivity contribution in [3.05, 3.63) is 35.2 Å². The minimum Gasteiger partial charge on any atom is -0.481 e. The van der Waals surface area contributed by atoms with Gasteiger partial charge >= 0.3 is 5.97 Å². The van der Waals surface area contributed by atoms with Crippen LogP contribution in [0.1, 0.15) is 51.0 Å². The largest absolute Gasteiger partial charge is 0.481 e. The number of aliphatic carboxylic acids is 1. The number of carboxylic acid groups (broad SMARTS) is 1. The Morgan fingerprint density at radius 2 is 1.96 bits per heavy atom. The summed E-state index contributed by atoms with van der Waals surface area (Å²) in [6.45, 7) is 4.38. The fourth-order valence-corrected chi connectivity index (χ4v) is 3.00. The first-order chi connectivity index (χ1) is 11.5. The lowest BCUT2D eigenvalue weighted by atomic mass is 9.97. The van der Waals surface area contributed by atoms with Gasteiger partial charge in [-0.15, -0.1) is 11.3 Å². The monoisotopic (exact) mass is 346 g/mol. The molecule has 5 nitrogen and oxygen atoms in total. The van der Waals surface area contributed by atoms with Crippen molar-refractivity contribution in [3.63, 3.8) is 0 Å². The number of hydrogen-bond acceptors (Lipinski definition) is 4. The van der Waals surface area contributed by atoms with E-state index in [1.165, 1.54) is 16.9 Å². The Hall–Kier alpha value is -2.21. The Bertz CT molecular complexity index is 695. The molecule has 1 amide bonds.